The number of ether oxygens (including phenoxy) is 1. The molecule has 0 aliphatic heterocycles. The van der Waals surface area contributed by atoms with Crippen molar-refractivity contribution < 1.29 is 9.66 Å². The van der Waals surface area contributed by atoms with Gasteiger partial charge in [0.1, 0.15) is 10.9 Å². The maximum absolute atomic E-state index is 10.7. The summed E-state index contributed by atoms with van der Waals surface area (Å²) in [6, 6.07) is 6.86. The Balaban J connectivity index is 2.38. The van der Waals surface area contributed by atoms with E-state index in [9.17, 15) is 10.1 Å². The van der Waals surface area contributed by atoms with Gasteiger partial charge in [-0.3, -0.25) is 10.1 Å². The maximum atomic E-state index is 10.7. The van der Waals surface area contributed by atoms with Crippen LogP contribution in [0.4, 0.5) is 5.69 Å². The van der Waals surface area contributed by atoms with Crippen LogP contribution in [0.25, 0.3) is 0 Å². The fraction of sp³-hybridized carbons (Fsp3) is 0. The Kier molecular flexibility index (Phi) is 4.09. The molecule has 98 valence electrons. The Morgan fingerprint density at radius 1 is 1.16 bits per heavy atom. The number of hydrogen-bond acceptors (Lipinski definition) is 4. The standard InChI is InChI=1S/C11H5Cl3N2O3/c12-6-1-2-8(13)9(3-6)19-11-5-7(16(17)18)4-10(14)15-11/h1-5H. The second kappa shape index (κ2) is 5.61. The van der Waals surface area contributed by atoms with Crippen LogP contribution in [0, 0.1) is 10.1 Å². The molecule has 1 aromatic carbocycles. The molecule has 19 heavy (non-hydrogen) atoms. The minimum atomic E-state index is -0.597. The molecule has 1 aromatic heterocycles. The van der Waals surface area contributed by atoms with Gasteiger partial charge in [-0.15, -0.1) is 0 Å². The number of benzene rings is 1. The SMILES string of the molecule is O=[N+]([O-])c1cc(Cl)nc(Oc2cc(Cl)ccc2Cl)c1. The molecule has 0 amide bonds. The number of hydrogen-bond donors (Lipinski definition) is 0. The Labute approximate surface area is 122 Å². The predicted octanol–water partition coefficient (Wildman–Crippen LogP) is 4.74. The first-order valence-electron chi connectivity index (χ1n) is 4.90. The van der Waals surface area contributed by atoms with E-state index < -0.39 is 4.92 Å². The van der Waals surface area contributed by atoms with Crippen LogP contribution < -0.4 is 4.74 Å². The molecular weight excluding hydrogens is 314 g/mol. The van der Waals surface area contributed by atoms with Crippen molar-refractivity contribution in [3.05, 3.63) is 55.6 Å². The molecule has 5 nitrogen and oxygen atoms in total. The summed E-state index contributed by atoms with van der Waals surface area (Å²) in [5.41, 5.74) is -0.229. The molecule has 0 spiro atoms. The van der Waals surface area contributed by atoms with Gasteiger partial charge in [0.2, 0.25) is 5.88 Å². The smallest absolute Gasteiger partial charge is 0.277 e. The number of aromatic nitrogens is 1. The van der Waals surface area contributed by atoms with Gasteiger partial charge in [-0.2, -0.15) is 0 Å². The summed E-state index contributed by atoms with van der Waals surface area (Å²) in [4.78, 5) is 13.9. The van der Waals surface area contributed by atoms with Crippen molar-refractivity contribution >= 4 is 40.5 Å². The highest BCUT2D eigenvalue weighted by Gasteiger charge is 2.13. The summed E-state index contributed by atoms with van der Waals surface area (Å²) in [5, 5.41) is 11.4. The molecule has 0 saturated heterocycles. The zero-order valence-electron chi connectivity index (χ0n) is 9.14. The first-order chi connectivity index (χ1) is 8.95. The Hall–Kier alpha value is -1.56. The van der Waals surface area contributed by atoms with E-state index in [1.165, 1.54) is 12.1 Å². The van der Waals surface area contributed by atoms with Crippen LogP contribution in [0.2, 0.25) is 15.2 Å². The average Bonchev–Trinajstić information content (AvgIpc) is 2.33. The van der Waals surface area contributed by atoms with Crippen LogP contribution in [-0.4, -0.2) is 9.91 Å². The summed E-state index contributed by atoms with van der Waals surface area (Å²) in [7, 11) is 0. The fourth-order valence-electron chi connectivity index (χ4n) is 1.29. The molecule has 0 radical (unpaired) electrons. The van der Waals surface area contributed by atoms with E-state index in [2.05, 4.69) is 4.98 Å². The van der Waals surface area contributed by atoms with Gasteiger partial charge in [0, 0.05) is 11.1 Å². The lowest BCUT2D eigenvalue weighted by Crippen LogP contribution is -1.93. The number of pyridine rings is 1. The second-order valence-electron chi connectivity index (χ2n) is 3.42. The van der Waals surface area contributed by atoms with Crippen LogP contribution in [0.15, 0.2) is 30.3 Å². The minimum Gasteiger partial charge on any atom is -0.437 e. The molecule has 0 saturated carbocycles. The van der Waals surface area contributed by atoms with Gasteiger partial charge < -0.3 is 4.74 Å². The van der Waals surface area contributed by atoms with Crippen LogP contribution in [0.5, 0.6) is 11.6 Å². The first kappa shape index (κ1) is 13.9. The minimum absolute atomic E-state index is 0.0385. The van der Waals surface area contributed by atoms with Crippen molar-refractivity contribution in [3.63, 3.8) is 0 Å². The van der Waals surface area contributed by atoms with E-state index in [4.69, 9.17) is 39.5 Å². The van der Waals surface area contributed by atoms with Crippen LogP contribution in [0.1, 0.15) is 0 Å². The third-order valence-corrected chi connectivity index (χ3v) is 2.81. The molecule has 0 bridgehead atoms. The monoisotopic (exact) mass is 318 g/mol. The van der Waals surface area contributed by atoms with Gasteiger partial charge >= 0.3 is 0 Å². The summed E-state index contributed by atoms with van der Waals surface area (Å²) in [5.74, 6) is 0.196. The molecule has 0 fully saturated rings. The number of nitro groups is 1. The first-order valence-corrected chi connectivity index (χ1v) is 6.04. The van der Waals surface area contributed by atoms with Crippen molar-refractivity contribution in [1.82, 2.24) is 4.98 Å². The van der Waals surface area contributed by atoms with E-state index in [0.29, 0.717) is 10.0 Å². The van der Waals surface area contributed by atoms with Crippen LogP contribution >= 0.6 is 34.8 Å². The molecule has 2 aromatic rings. The molecule has 0 unspecified atom stereocenters. The largest absolute Gasteiger partial charge is 0.437 e. The fourth-order valence-corrected chi connectivity index (χ4v) is 1.80. The van der Waals surface area contributed by atoms with E-state index in [-0.39, 0.29) is 22.5 Å². The molecule has 2 rings (SSSR count). The summed E-state index contributed by atoms with van der Waals surface area (Å²) in [6.45, 7) is 0. The molecule has 0 aliphatic carbocycles. The van der Waals surface area contributed by atoms with Gasteiger partial charge in [-0.05, 0) is 12.1 Å². The quantitative estimate of drug-likeness (QED) is 0.465. The van der Waals surface area contributed by atoms with Crippen molar-refractivity contribution in [2.75, 3.05) is 0 Å². The van der Waals surface area contributed by atoms with E-state index in [0.717, 1.165) is 12.1 Å². The molecule has 0 aliphatic rings. The van der Waals surface area contributed by atoms with Crippen molar-refractivity contribution in [1.29, 1.82) is 0 Å². The third-order valence-electron chi connectivity index (χ3n) is 2.07. The lowest BCUT2D eigenvalue weighted by Gasteiger charge is -2.07. The van der Waals surface area contributed by atoms with Crippen molar-refractivity contribution in [2.45, 2.75) is 0 Å². The number of nitrogens with zero attached hydrogens (tertiary/aromatic N) is 2. The summed E-state index contributed by atoms with van der Waals surface area (Å²) < 4.78 is 5.35. The van der Waals surface area contributed by atoms with Crippen molar-refractivity contribution in [3.8, 4) is 11.6 Å². The Morgan fingerprint density at radius 3 is 2.58 bits per heavy atom. The van der Waals surface area contributed by atoms with Crippen molar-refractivity contribution in [2.24, 2.45) is 0 Å². The van der Waals surface area contributed by atoms with Gasteiger partial charge in [0.05, 0.1) is 22.1 Å². The van der Waals surface area contributed by atoms with Crippen LogP contribution in [0.3, 0.4) is 0 Å². The predicted molar refractivity (Wildman–Crippen MR) is 72.4 cm³/mol. The lowest BCUT2D eigenvalue weighted by atomic mass is 10.3. The third kappa shape index (κ3) is 3.47. The normalized spacial score (nSPS) is 10.3. The van der Waals surface area contributed by atoms with Crippen LogP contribution in [-0.2, 0) is 0 Å². The zero-order chi connectivity index (χ0) is 14.0. The highest BCUT2D eigenvalue weighted by Crippen LogP contribution is 2.32. The zero-order valence-corrected chi connectivity index (χ0v) is 11.4. The van der Waals surface area contributed by atoms with Gasteiger partial charge in [-0.1, -0.05) is 34.8 Å². The van der Waals surface area contributed by atoms with Gasteiger partial charge in [0.25, 0.3) is 5.69 Å². The lowest BCUT2D eigenvalue weighted by molar-refractivity contribution is -0.385. The molecular formula is C11H5Cl3N2O3. The molecule has 8 heteroatoms. The van der Waals surface area contributed by atoms with E-state index in [1.54, 1.807) is 6.07 Å². The van der Waals surface area contributed by atoms with E-state index in [1.807, 2.05) is 0 Å². The van der Waals surface area contributed by atoms with Gasteiger partial charge in [-0.25, -0.2) is 4.98 Å². The Bertz CT molecular complexity index is 649. The van der Waals surface area contributed by atoms with E-state index >= 15 is 0 Å². The summed E-state index contributed by atoms with van der Waals surface area (Å²) >= 11 is 17.4. The molecule has 1 heterocycles. The topological polar surface area (TPSA) is 65.3 Å². The second-order valence-corrected chi connectivity index (χ2v) is 4.65. The van der Waals surface area contributed by atoms with Gasteiger partial charge in [0.15, 0.2) is 0 Å². The molecule has 0 N–H and O–H groups in total. The number of rotatable bonds is 3. The number of halogens is 3. The summed E-state index contributed by atoms with van der Waals surface area (Å²) in [6.07, 6.45) is 0. The highest BCUT2D eigenvalue weighted by atomic mass is 35.5. The highest BCUT2D eigenvalue weighted by molar-refractivity contribution is 6.34. The Morgan fingerprint density at radius 2 is 1.89 bits per heavy atom. The maximum Gasteiger partial charge on any atom is 0.277 e. The average molecular weight is 320 g/mol. The molecule has 0 atom stereocenters.